The summed E-state index contributed by atoms with van der Waals surface area (Å²) >= 11 is 0. The van der Waals surface area contributed by atoms with Crippen molar-refractivity contribution in [3.05, 3.63) is 42.1 Å². The van der Waals surface area contributed by atoms with E-state index in [9.17, 15) is 0 Å². The molecule has 0 aliphatic carbocycles. The van der Waals surface area contributed by atoms with E-state index in [1.807, 2.05) is 0 Å². The van der Waals surface area contributed by atoms with Gasteiger partial charge < -0.3 is 0 Å². The number of fused-ring (bicyclic) bond motifs is 1. The number of rotatable bonds is 1. The van der Waals surface area contributed by atoms with Crippen LogP contribution in [0.5, 0.6) is 0 Å². The molecule has 0 spiro atoms. The van der Waals surface area contributed by atoms with Crippen molar-refractivity contribution >= 4 is 10.9 Å². The second-order valence-electron chi connectivity index (χ2n) is 4.05. The topological polar surface area (TPSA) is 3.88 Å². The van der Waals surface area contributed by atoms with E-state index in [4.69, 9.17) is 0 Å². The maximum Gasteiger partial charge on any atom is 0.212 e. The lowest BCUT2D eigenvalue weighted by molar-refractivity contribution is -0.644. The standard InChI is InChI=1S/C13H16N/c1-10(2)11-6-4-8-13-12(11)7-5-9-14(13)3/h4-10H,1-3H3/q+1. The zero-order valence-electron chi connectivity index (χ0n) is 8.99. The fraction of sp³-hybridized carbons (Fsp3) is 0.308. The maximum atomic E-state index is 2.24. The number of hydrogen-bond acceptors (Lipinski definition) is 0. The summed E-state index contributed by atoms with van der Waals surface area (Å²) in [4.78, 5) is 0. The maximum absolute atomic E-state index is 2.24. The number of hydrogen-bond donors (Lipinski definition) is 0. The van der Waals surface area contributed by atoms with Gasteiger partial charge in [0.05, 0.1) is 0 Å². The van der Waals surface area contributed by atoms with Crippen LogP contribution >= 0.6 is 0 Å². The smallest absolute Gasteiger partial charge is 0.201 e. The van der Waals surface area contributed by atoms with Gasteiger partial charge in [-0.25, -0.2) is 4.57 Å². The van der Waals surface area contributed by atoms with Crippen LogP contribution in [0, 0.1) is 0 Å². The third-order valence-electron chi connectivity index (χ3n) is 2.69. The molecule has 0 saturated heterocycles. The number of nitrogens with zero attached hydrogens (tertiary/aromatic N) is 1. The summed E-state index contributed by atoms with van der Waals surface area (Å²) in [6.45, 7) is 4.48. The SMILES string of the molecule is CC(C)c1cccc2c1ccc[n+]2C. The lowest BCUT2D eigenvalue weighted by Gasteiger charge is -2.07. The largest absolute Gasteiger partial charge is 0.212 e. The van der Waals surface area contributed by atoms with E-state index in [1.165, 1.54) is 16.5 Å². The highest BCUT2D eigenvalue weighted by molar-refractivity contribution is 5.79. The molecule has 0 unspecified atom stereocenters. The first kappa shape index (κ1) is 9.20. The van der Waals surface area contributed by atoms with Crippen molar-refractivity contribution in [2.75, 3.05) is 0 Å². The number of pyridine rings is 1. The molecular formula is C13H16N+. The van der Waals surface area contributed by atoms with Gasteiger partial charge >= 0.3 is 0 Å². The summed E-state index contributed by atoms with van der Waals surface area (Å²) in [5, 5.41) is 1.37. The number of aromatic nitrogens is 1. The molecule has 2 aromatic rings. The first-order valence-electron chi connectivity index (χ1n) is 5.07. The molecule has 2 rings (SSSR count). The molecule has 0 atom stereocenters. The highest BCUT2D eigenvalue weighted by Crippen LogP contribution is 2.22. The molecule has 1 heteroatoms. The molecule has 1 nitrogen and oxygen atoms in total. The van der Waals surface area contributed by atoms with Gasteiger partial charge in [0.1, 0.15) is 7.05 Å². The summed E-state index contributed by atoms with van der Waals surface area (Å²) in [5.74, 6) is 0.584. The zero-order valence-corrected chi connectivity index (χ0v) is 8.99. The molecule has 0 aliphatic rings. The molecule has 0 bridgehead atoms. The van der Waals surface area contributed by atoms with Crippen LogP contribution in [-0.2, 0) is 7.05 Å². The molecule has 0 saturated carbocycles. The predicted octanol–water partition coefficient (Wildman–Crippen LogP) is 2.79. The van der Waals surface area contributed by atoms with Gasteiger partial charge in [-0.2, -0.15) is 0 Å². The highest BCUT2D eigenvalue weighted by Gasteiger charge is 2.09. The van der Waals surface area contributed by atoms with Crippen LogP contribution in [0.25, 0.3) is 10.9 Å². The lowest BCUT2D eigenvalue weighted by atomic mass is 9.98. The molecule has 0 radical (unpaired) electrons. The minimum atomic E-state index is 0.584. The second kappa shape index (κ2) is 3.41. The molecule has 1 aromatic heterocycles. The Balaban J connectivity index is 2.81. The van der Waals surface area contributed by atoms with E-state index in [0.29, 0.717) is 5.92 Å². The van der Waals surface area contributed by atoms with Crippen LogP contribution in [0.3, 0.4) is 0 Å². The molecular weight excluding hydrogens is 170 g/mol. The number of benzene rings is 1. The quantitative estimate of drug-likeness (QED) is 0.603. The summed E-state index contributed by atoms with van der Waals surface area (Å²) in [6.07, 6.45) is 2.09. The summed E-state index contributed by atoms with van der Waals surface area (Å²) in [5.41, 5.74) is 2.73. The van der Waals surface area contributed by atoms with E-state index in [-0.39, 0.29) is 0 Å². The average molecular weight is 186 g/mol. The van der Waals surface area contributed by atoms with Crippen LogP contribution < -0.4 is 4.57 Å². The average Bonchev–Trinajstić information content (AvgIpc) is 2.17. The minimum absolute atomic E-state index is 0.584. The van der Waals surface area contributed by atoms with Crippen LogP contribution in [0.2, 0.25) is 0 Å². The van der Waals surface area contributed by atoms with E-state index in [1.54, 1.807) is 0 Å². The highest BCUT2D eigenvalue weighted by atomic mass is 14.9. The van der Waals surface area contributed by atoms with Gasteiger partial charge in [0.25, 0.3) is 0 Å². The van der Waals surface area contributed by atoms with Crippen LogP contribution in [-0.4, -0.2) is 0 Å². The normalized spacial score (nSPS) is 11.1. The first-order chi connectivity index (χ1) is 6.70. The van der Waals surface area contributed by atoms with Crippen LogP contribution in [0.15, 0.2) is 36.5 Å². The van der Waals surface area contributed by atoms with Gasteiger partial charge in [0.15, 0.2) is 6.20 Å². The summed E-state index contributed by atoms with van der Waals surface area (Å²) in [7, 11) is 2.09. The zero-order chi connectivity index (χ0) is 10.1. The van der Waals surface area contributed by atoms with E-state index < -0.39 is 0 Å². The third kappa shape index (κ3) is 1.39. The third-order valence-corrected chi connectivity index (χ3v) is 2.69. The van der Waals surface area contributed by atoms with Crippen molar-refractivity contribution in [1.29, 1.82) is 0 Å². The van der Waals surface area contributed by atoms with Crippen molar-refractivity contribution < 1.29 is 4.57 Å². The number of aryl methyl sites for hydroxylation is 1. The molecule has 1 heterocycles. The predicted molar refractivity (Wildman–Crippen MR) is 59.2 cm³/mol. The Morgan fingerprint density at radius 2 is 1.86 bits per heavy atom. The van der Waals surface area contributed by atoms with Crippen molar-refractivity contribution in [2.24, 2.45) is 7.05 Å². The summed E-state index contributed by atoms with van der Waals surface area (Å²) < 4.78 is 2.17. The Labute approximate surface area is 85.0 Å². The molecule has 0 N–H and O–H groups in total. The fourth-order valence-corrected chi connectivity index (χ4v) is 1.91. The van der Waals surface area contributed by atoms with Crippen LogP contribution in [0.4, 0.5) is 0 Å². The van der Waals surface area contributed by atoms with E-state index in [2.05, 4.69) is 62.0 Å². The Hall–Kier alpha value is -1.37. The van der Waals surface area contributed by atoms with Gasteiger partial charge in [-0.3, -0.25) is 0 Å². The van der Waals surface area contributed by atoms with E-state index in [0.717, 1.165) is 0 Å². The molecule has 0 fully saturated rings. The minimum Gasteiger partial charge on any atom is -0.201 e. The van der Waals surface area contributed by atoms with Gasteiger partial charge in [-0.15, -0.1) is 0 Å². The molecule has 72 valence electrons. The Bertz CT molecular complexity index is 458. The molecule has 0 amide bonds. The molecule has 14 heavy (non-hydrogen) atoms. The summed E-state index contributed by atoms with van der Waals surface area (Å²) in [6, 6.07) is 10.8. The Morgan fingerprint density at radius 3 is 2.57 bits per heavy atom. The molecule has 1 aromatic carbocycles. The fourth-order valence-electron chi connectivity index (χ4n) is 1.91. The first-order valence-corrected chi connectivity index (χ1v) is 5.07. The van der Waals surface area contributed by atoms with Gasteiger partial charge in [-0.05, 0) is 17.5 Å². The van der Waals surface area contributed by atoms with Gasteiger partial charge in [-0.1, -0.05) is 26.0 Å². The Kier molecular flexibility index (Phi) is 2.24. The second-order valence-corrected chi connectivity index (χ2v) is 4.05. The van der Waals surface area contributed by atoms with Gasteiger partial charge in [0.2, 0.25) is 5.52 Å². The van der Waals surface area contributed by atoms with Crippen molar-refractivity contribution in [3.8, 4) is 0 Å². The van der Waals surface area contributed by atoms with Crippen LogP contribution in [0.1, 0.15) is 25.3 Å². The lowest BCUT2D eigenvalue weighted by Crippen LogP contribution is -2.28. The van der Waals surface area contributed by atoms with Crippen molar-refractivity contribution in [2.45, 2.75) is 19.8 Å². The monoisotopic (exact) mass is 186 g/mol. The van der Waals surface area contributed by atoms with Crippen molar-refractivity contribution in [3.63, 3.8) is 0 Å². The molecule has 0 aliphatic heterocycles. The van der Waals surface area contributed by atoms with E-state index >= 15 is 0 Å². The van der Waals surface area contributed by atoms with Gasteiger partial charge in [0, 0.05) is 17.5 Å². The Morgan fingerprint density at radius 1 is 1.07 bits per heavy atom. The van der Waals surface area contributed by atoms with Crippen molar-refractivity contribution in [1.82, 2.24) is 0 Å².